The molecule has 0 saturated carbocycles. The van der Waals surface area contributed by atoms with Crippen LogP contribution < -0.4 is 9.64 Å². The van der Waals surface area contributed by atoms with E-state index in [-0.39, 0.29) is 24.1 Å². The van der Waals surface area contributed by atoms with Gasteiger partial charge in [-0.3, -0.25) is 4.79 Å². The molecule has 4 rings (SSSR count). The lowest BCUT2D eigenvalue weighted by Crippen LogP contribution is -2.28. The van der Waals surface area contributed by atoms with Crippen LogP contribution in [0, 0.1) is 5.82 Å². The summed E-state index contributed by atoms with van der Waals surface area (Å²) in [4.78, 5) is 14.4. The van der Waals surface area contributed by atoms with Gasteiger partial charge in [-0.1, -0.05) is 18.2 Å². The monoisotopic (exact) mass is 337 g/mol. The van der Waals surface area contributed by atoms with E-state index in [1.54, 1.807) is 29.2 Å². The second-order valence-corrected chi connectivity index (χ2v) is 5.84. The first-order chi connectivity index (χ1) is 12.2. The van der Waals surface area contributed by atoms with E-state index < -0.39 is 0 Å². The number of anilines is 1. The van der Waals surface area contributed by atoms with E-state index in [1.165, 1.54) is 17.7 Å². The fourth-order valence-corrected chi connectivity index (χ4v) is 2.94. The normalized spacial score (nSPS) is 12.9. The highest BCUT2D eigenvalue weighted by Crippen LogP contribution is 2.29. The Morgan fingerprint density at radius 3 is 2.72 bits per heavy atom. The van der Waals surface area contributed by atoms with Gasteiger partial charge in [0.1, 0.15) is 23.9 Å². The van der Waals surface area contributed by atoms with Crippen LogP contribution in [0.4, 0.5) is 10.1 Å². The summed E-state index contributed by atoms with van der Waals surface area (Å²) in [7, 11) is 0. The van der Waals surface area contributed by atoms with E-state index in [1.807, 2.05) is 24.3 Å². The molecule has 126 valence electrons. The molecule has 0 saturated heterocycles. The summed E-state index contributed by atoms with van der Waals surface area (Å²) in [5.41, 5.74) is 2.11. The highest BCUT2D eigenvalue weighted by molar-refractivity contribution is 6.05. The van der Waals surface area contributed by atoms with E-state index in [2.05, 4.69) is 0 Å². The lowest BCUT2D eigenvalue weighted by Gasteiger charge is -2.15. The zero-order chi connectivity index (χ0) is 17.2. The average molecular weight is 337 g/mol. The number of halogens is 1. The molecular formula is C20H16FNO3. The summed E-state index contributed by atoms with van der Waals surface area (Å²) in [6, 6.07) is 17.0. The number of nitrogens with zero attached hydrogens (tertiary/aromatic N) is 1. The Balaban J connectivity index is 1.44. The van der Waals surface area contributed by atoms with Crippen molar-refractivity contribution in [2.45, 2.75) is 13.0 Å². The molecule has 0 spiro atoms. The Labute approximate surface area is 144 Å². The Morgan fingerprint density at radius 1 is 1.08 bits per heavy atom. The number of fused-ring (bicyclic) bond motifs is 1. The molecule has 0 N–H and O–H groups in total. The van der Waals surface area contributed by atoms with Gasteiger partial charge in [0.05, 0.1) is 0 Å². The number of amides is 1. The minimum atomic E-state index is -0.316. The van der Waals surface area contributed by atoms with E-state index in [4.69, 9.17) is 9.15 Å². The van der Waals surface area contributed by atoms with Gasteiger partial charge in [0.15, 0.2) is 5.76 Å². The zero-order valence-corrected chi connectivity index (χ0v) is 13.4. The van der Waals surface area contributed by atoms with Crippen LogP contribution in [0.3, 0.4) is 0 Å². The number of carbonyl (C=O) groups is 1. The number of para-hydroxylation sites is 1. The molecule has 0 radical (unpaired) electrons. The third-order valence-corrected chi connectivity index (χ3v) is 4.20. The summed E-state index contributed by atoms with van der Waals surface area (Å²) in [5, 5.41) is 0. The van der Waals surface area contributed by atoms with Crippen molar-refractivity contribution in [2.24, 2.45) is 0 Å². The largest absolute Gasteiger partial charge is 0.486 e. The molecule has 1 aliphatic heterocycles. The smallest absolute Gasteiger partial charge is 0.293 e. The number of ether oxygens (including phenoxy) is 1. The molecule has 0 aliphatic carbocycles. The van der Waals surface area contributed by atoms with Crippen molar-refractivity contribution in [3.8, 4) is 5.75 Å². The lowest BCUT2D eigenvalue weighted by molar-refractivity contribution is 0.0958. The summed E-state index contributed by atoms with van der Waals surface area (Å²) in [5.74, 6) is 0.899. The molecule has 2 aromatic carbocycles. The fraction of sp³-hybridized carbons (Fsp3) is 0.150. The number of hydrogen-bond acceptors (Lipinski definition) is 3. The molecule has 1 amide bonds. The van der Waals surface area contributed by atoms with Crippen molar-refractivity contribution < 1.29 is 18.3 Å². The number of rotatable bonds is 4. The first-order valence-corrected chi connectivity index (χ1v) is 8.07. The van der Waals surface area contributed by atoms with Crippen molar-refractivity contribution >= 4 is 11.6 Å². The quantitative estimate of drug-likeness (QED) is 0.716. The van der Waals surface area contributed by atoms with E-state index in [9.17, 15) is 9.18 Å². The Morgan fingerprint density at radius 2 is 1.88 bits per heavy atom. The maximum atomic E-state index is 12.9. The van der Waals surface area contributed by atoms with Crippen molar-refractivity contribution in [3.05, 3.63) is 83.6 Å². The summed E-state index contributed by atoms with van der Waals surface area (Å²) in [6.07, 6.45) is 0.850. The SMILES string of the molecule is O=C(c1ccc(COc2ccc(F)cc2)o1)N1CCc2ccccc21. The molecule has 3 aromatic rings. The maximum absolute atomic E-state index is 12.9. The molecule has 0 fully saturated rings. The van der Waals surface area contributed by atoms with Gasteiger partial charge in [-0.15, -0.1) is 0 Å². The lowest BCUT2D eigenvalue weighted by atomic mass is 10.2. The molecule has 1 aromatic heterocycles. The molecule has 1 aliphatic rings. The van der Waals surface area contributed by atoms with Crippen LogP contribution in [0.5, 0.6) is 5.75 Å². The third-order valence-electron chi connectivity index (χ3n) is 4.20. The third kappa shape index (κ3) is 3.13. The highest BCUT2D eigenvalue weighted by atomic mass is 19.1. The molecule has 0 unspecified atom stereocenters. The van der Waals surface area contributed by atoms with Gasteiger partial charge in [-0.05, 0) is 54.4 Å². The highest BCUT2D eigenvalue weighted by Gasteiger charge is 2.27. The van der Waals surface area contributed by atoms with Gasteiger partial charge in [-0.25, -0.2) is 4.39 Å². The summed E-state index contributed by atoms with van der Waals surface area (Å²) in [6.45, 7) is 0.829. The van der Waals surface area contributed by atoms with E-state index in [0.29, 0.717) is 18.1 Å². The fourth-order valence-electron chi connectivity index (χ4n) is 2.94. The van der Waals surface area contributed by atoms with Gasteiger partial charge in [0.25, 0.3) is 5.91 Å². The second kappa shape index (κ2) is 6.43. The minimum absolute atomic E-state index is 0.155. The van der Waals surface area contributed by atoms with Crippen molar-refractivity contribution in [3.63, 3.8) is 0 Å². The van der Waals surface area contributed by atoms with Crippen LogP contribution in [0.15, 0.2) is 65.1 Å². The number of hydrogen-bond donors (Lipinski definition) is 0. The molecule has 0 bridgehead atoms. The second-order valence-electron chi connectivity index (χ2n) is 5.84. The van der Waals surface area contributed by atoms with E-state index >= 15 is 0 Å². The Bertz CT molecular complexity index is 901. The van der Waals surface area contributed by atoms with Gasteiger partial charge >= 0.3 is 0 Å². The molecule has 0 atom stereocenters. The standard InChI is InChI=1S/C20H16FNO3/c21-15-5-7-16(8-6-15)24-13-17-9-10-19(25-17)20(23)22-12-11-14-3-1-2-4-18(14)22/h1-10H,11-13H2. The predicted molar refractivity (Wildman–Crippen MR) is 91.3 cm³/mol. The first kappa shape index (κ1) is 15.4. The maximum Gasteiger partial charge on any atom is 0.293 e. The van der Waals surface area contributed by atoms with Crippen LogP contribution in [0.2, 0.25) is 0 Å². The molecule has 5 heteroatoms. The Hall–Kier alpha value is -3.08. The van der Waals surface area contributed by atoms with Crippen LogP contribution in [0.1, 0.15) is 21.9 Å². The predicted octanol–water partition coefficient (Wildman–Crippen LogP) is 4.20. The van der Waals surface area contributed by atoms with Crippen LogP contribution in [0.25, 0.3) is 0 Å². The van der Waals surface area contributed by atoms with Crippen molar-refractivity contribution in [1.29, 1.82) is 0 Å². The van der Waals surface area contributed by atoms with Gasteiger partial charge in [0, 0.05) is 12.2 Å². The van der Waals surface area contributed by atoms with E-state index in [0.717, 1.165) is 12.1 Å². The molecule has 4 nitrogen and oxygen atoms in total. The number of furan rings is 1. The minimum Gasteiger partial charge on any atom is -0.486 e. The summed E-state index contributed by atoms with van der Waals surface area (Å²) >= 11 is 0. The number of benzene rings is 2. The van der Waals surface area contributed by atoms with Crippen LogP contribution >= 0.6 is 0 Å². The first-order valence-electron chi connectivity index (χ1n) is 8.07. The molecule has 25 heavy (non-hydrogen) atoms. The van der Waals surface area contributed by atoms with Gasteiger partial charge in [-0.2, -0.15) is 0 Å². The topological polar surface area (TPSA) is 42.7 Å². The van der Waals surface area contributed by atoms with Gasteiger partial charge in [0.2, 0.25) is 0 Å². The van der Waals surface area contributed by atoms with Crippen LogP contribution in [-0.4, -0.2) is 12.5 Å². The summed E-state index contributed by atoms with van der Waals surface area (Å²) < 4.78 is 24.0. The van der Waals surface area contributed by atoms with Crippen LogP contribution in [-0.2, 0) is 13.0 Å². The molecule has 2 heterocycles. The van der Waals surface area contributed by atoms with Gasteiger partial charge < -0.3 is 14.1 Å². The zero-order valence-electron chi connectivity index (χ0n) is 13.4. The Kier molecular flexibility index (Phi) is 3.98. The molecular weight excluding hydrogens is 321 g/mol. The number of carbonyl (C=O) groups excluding carboxylic acids is 1. The van der Waals surface area contributed by atoms with Crippen molar-refractivity contribution in [2.75, 3.05) is 11.4 Å². The average Bonchev–Trinajstić information content (AvgIpc) is 3.28. The van der Waals surface area contributed by atoms with Crippen molar-refractivity contribution in [1.82, 2.24) is 0 Å².